The SMILES string of the molecule is Cc1cccc(C2=CCN(c3ccc(I)nn3)CC2)c1. The third kappa shape index (κ3) is 3.00. The molecule has 102 valence electrons. The lowest BCUT2D eigenvalue weighted by Crippen LogP contribution is -2.29. The zero-order chi connectivity index (χ0) is 13.9. The molecule has 0 N–H and O–H groups in total. The summed E-state index contributed by atoms with van der Waals surface area (Å²) in [5.41, 5.74) is 4.09. The summed E-state index contributed by atoms with van der Waals surface area (Å²) in [4.78, 5) is 2.27. The first-order valence-corrected chi connectivity index (χ1v) is 7.80. The van der Waals surface area contributed by atoms with E-state index in [9.17, 15) is 0 Å². The van der Waals surface area contributed by atoms with Gasteiger partial charge in [-0.1, -0.05) is 35.9 Å². The molecule has 4 heteroatoms. The van der Waals surface area contributed by atoms with Crippen LogP contribution in [-0.4, -0.2) is 23.3 Å². The van der Waals surface area contributed by atoms with E-state index in [-0.39, 0.29) is 0 Å². The number of hydrogen-bond acceptors (Lipinski definition) is 3. The van der Waals surface area contributed by atoms with Crippen molar-refractivity contribution in [1.82, 2.24) is 10.2 Å². The highest BCUT2D eigenvalue weighted by Crippen LogP contribution is 2.25. The Labute approximate surface area is 132 Å². The Balaban J connectivity index is 1.76. The first-order valence-electron chi connectivity index (χ1n) is 6.72. The second kappa shape index (κ2) is 5.91. The lowest BCUT2D eigenvalue weighted by atomic mass is 9.98. The number of rotatable bonds is 2. The van der Waals surface area contributed by atoms with Gasteiger partial charge in [-0.2, -0.15) is 0 Å². The molecular weight excluding hydrogens is 361 g/mol. The van der Waals surface area contributed by atoms with Gasteiger partial charge in [-0.15, -0.1) is 10.2 Å². The van der Waals surface area contributed by atoms with Crippen LogP contribution in [0, 0.1) is 10.6 Å². The lowest BCUT2D eigenvalue weighted by Gasteiger charge is -2.27. The van der Waals surface area contributed by atoms with E-state index >= 15 is 0 Å². The van der Waals surface area contributed by atoms with Crippen LogP contribution in [0.5, 0.6) is 0 Å². The standard InChI is InChI=1S/C16H16IN3/c1-12-3-2-4-14(11-12)13-7-9-20(10-8-13)16-6-5-15(17)18-19-16/h2-7,11H,8-10H2,1H3. The van der Waals surface area contributed by atoms with Crippen LogP contribution in [0.15, 0.2) is 42.5 Å². The first kappa shape index (κ1) is 13.5. The molecule has 0 spiro atoms. The maximum absolute atomic E-state index is 4.25. The molecule has 2 aromatic rings. The van der Waals surface area contributed by atoms with Crippen molar-refractivity contribution in [1.29, 1.82) is 0 Å². The maximum Gasteiger partial charge on any atom is 0.151 e. The largest absolute Gasteiger partial charge is 0.351 e. The van der Waals surface area contributed by atoms with E-state index in [0.717, 1.165) is 29.0 Å². The molecule has 3 nitrogen and oxygen atoms in total. The van der Waals surface area contributed by atoms with Gasteiger partial charge in [-0.3, -0.25) is 0 Å². The Morgan fingerprint density at radius 1 is 1.15 bits per heavy atom. The molecule has 1 aromatic heterocycles. The summed E-state index contributed by atoms with van der Waals surface area (Å²) in [6, 6.07) is 12.8. The van der Waals surface area contributed by atoms with E-state index in [1.165, 1.54) is 16.7 Å². The van der Waals surface area contributed by atoms with Crippen molar-refractivity contribution in [3.63, 3.8) is 0 Å². The second-order valence-corrected chi connectivity index (χ2v) is 6.11. The van der Waals surface area contributed by atoms with Gasteiger partial charge < -0.3 is 4.90 Å². The van der Waals surface area contributed by atoms with Gasteiger partial charge in [0.1, 0.15) is 3.70 Å². The van der Waals surface area contributed by atoms with Gasteiger partial charge >= 0.3 is 0 Å². The highest BCUT2D eigenvalue weighted by Gasteiger charge is 2.14. The van der Waals surface area contributed by atoms with Crippen molar-refractivity contribution >= 4 is 34.0 Å². The van der Waals surface area contributed by atoms with Gasteiger partial charge in [0, 0.05) is 13.1 Å². The fourth-order valence-electron chi connectivity index (χ4n) is 2.46. The van der Waals surface area contributed by atoms with E-state index in [4.69, 9.17) is 0 Å². The number of aryl methyl sites for hydroxylation is 1. The number of anilines is 1. The van der Waals surface area contributed by atoms with Crippen LogP contribution in [0.3, 0.4) is 0 Å². The molecule has 1 aliphatic rings. The average molecular weight is 377 g/mol. The summed E-state index contributed by atoms with van der Waals surface area (Å²) in [6.07, 6.45) is 3.36. The van der Waals surface area contributed by atoms with Gasteiger partial charge in [-0.25, -0.2) is 0 Å². The Hall–Kier alpha value is -1.43. The molecule has 0 saturated carbocycles. The van der Waals surface area contributed by atoms with Crippen molar-refractivity contribution in [2.24, 2.45) is 0 Å². The molecule has 0 radical (unpaired) electrons. The van der Waals surface area contributed by atoms with Gasteiger partial charge in [0.05, 0.1) is 0 Å². The van der Waals surface area contributed by atoms with Crippen molar-refractivity contribution in [2.45, 2.75) is 13.3 Å². The van der Waals surface area contributed by atoms with Crippen LogP contribution in [0.2, 0.25) is 0 Å². The van der Waals surface area contributed by atoms with Gasteiger partial charge in [0.25, 0.3) is 0 Å². The third-order valence-corrected chi connectivity index (χ3v) is 4.12. The fourth-order valence-corrected chi connectivity index (χ4v) is 2.75. The van der Waals surface area contributed by atoms with Gasteiger partial charge in [0.2, 0.25) is 0 Å². The van der Waals surface area contributed by atoms with Crippen molar-refractivity contribution in [2.75, 3.05) is 18.0 Å². The van der Waals surface area contributed by atoms with Crippen LogP contribution >= 0.6 is 22.6 Å². The van der Waals surface area contributed by atoms with Crippen molar-refractivity contribution < 1.29 is 0 Å². The highest BCUT2D eigenvalue weighted by molar-refractivity contribution is 14.1. The Morgan fingerprint density at radius 2 is 2.05 bits per heavy atom. The summed E-state index contributed by atoms with van der Waals surface area (Å²) < 4.78 is 0.930. The molecule has 0 amide bonds. The summed E-state index contributed by atoms with van der Waals surface area (Å²) in [5.74, 6) is 0.963. The molecular formula is C16H16IN3. The Kier molecular flexibility index (Phi) is 4.00. The smallest absolute Gasteiger partial charge is 0.151 e. The molecule has 0 atom stereocenters. The molecule has 0 saturated heterocycles. The van der Waals surface area contributed by atoms with Crippen molar-refractivity contribution in [3.05, 3.63) is 57.3 Å². The Bertz CT molecular complexity index is 634. The van der Waals surface area contributed by atoms with Gasteiger partial charge in [-0.05, 0) is 59.2 Å². The van der Waals surface area contributed by atoms with Crippen LogP contribution in [-0.2, 0) is 0 Å². The zero-order valence-electron chi connectivity index (χ0n) is 11.4. The van der Waals surface area contributed by atoms with E-state index in [1.54, 1.807) is 0 Å². The fraction of sp³-hybridized carbons (Fsp3) is 0.250. The molecule has 20 heavy (non-hydrogen) atoms. The van der Waals surface area contributed by atoms with E-state index in [2.05, 4.69) is 75.0 Å². The van der Waals surface area contributed by atoms with Crippen LogP contribution < -0.4 is 4.90 Å². The van der Waals surface area contributed by atoms with Crippen LogP contribution in [0.4, 0.5) is 5.82 Å². The van der Waals surface area contributed by atoms with Crippen LogP contribution in [0.25, 0.3) is 5.57 Å². The minimum Gasteiger partial charge on any atom is -0.351 e. The average Bonchev–Trinajstić information content (AvgIpc) is 2.48. The van der Waals surface area contributed by atoms with Gasteiger partial charge in [0.15, 0.2) is 5.82 Å². The molecule has 1 aromatic carbocycles. The molecule has 2 heterocycles. The molecule has 0 bridgehead atoms. The number of benzene rings is 1. The lowest BCUT2D eigenvalue weighted by molar-refractivity contribution is 0.797. The summed E-state index contributed by atoms with van der Waals surface area (Å²) in [5, 5.41) is 8.37. The molecule has 3 rings (SSSR count). The second-order valence-electron chi connectivity index (χ2n) is 5.01. The minimum absolute atomic E-state index is 0.901. The number of halogens is 1. The maximum atomic E-state index is 4.25. The third-order valence-electron chi connectivity index (χ3n) is 3.54. The predicted octanol–water partition coefficient (Wildman–Crippen LogP) is 3.68. The van der Waals surface area contributed by atoms with Crippen LogP contribution in [0.1, 0.15) is 17.5 Å². The number of hydrogen-bond donors (Lipinski definition) is 0. The molecule has 0 aliphatic carbocycles. The normalized spacial score (nSPS) is 15.1. The highest BCUT2D eigenvalue weighted by atomic mass is 127. The summed E-state index contributed by atoms with van der Waals surface area (Å²) >= 11 is 2.18. The molecule has 1 aliphatic heterocycles. The van der Waals surface area contributed by atoms with E-state index in [1.807, 2.05) is 12.1 Å². The Morgan fingerprint density at radius 3 is 2.70 bits per heavy atom. The predicted molar refractivity (Wildman–Crippen MR) is 90.7 cm³/mol. The summed E-state index contributed by atoms with van der Waals surface area (Å²) in [6.45, 7) is 4.04. The molecule has 0 unspecified atom stereocenters. The number of aromatic nitrogens is 2. The monoisotopic (exact) mass is 377 g/mol. The number of nitrogens with zero attached hydrogens (tertiary/aromatic N) is 3. The minimum atomic E-state index is 0.901. The quantitative estimate of drug-likeness (QED) is 0.748. The van der Waals surface area contributed by atoms with E-state index in [0.29, 0.717) is 0 Å². The molecule has 0 fully saturated rings. The summed E-state index contributed by atoms with van der Waals surface area (Å²) in [7, 11) is 0. The zero-order valence-corrected chi connectivity index (χ0v) is 13.5. The van der Waals surface area contributed by atoms with E-state index < -0.39 is 0 Å². The topological polar surface area (TPSA) is 29.0 Å². The first-order chi connectivity index (χ1) is 9.72. The van der Waals surface area contributed by atoms with Crippen molar-refractivity contribution in [3.8, 4) is 0 Å².